The van der Waals surface area contributed by atoms with E-state index in [-0.39, 0.29) is 5.56 Å². The fraction of sp³-hybridized carbons (Fsp3) is 0.400. The summed E-state index contributed by atoms with van der Waals surface area (Å²) in [7, 11) is 0. The first kappa shape index (κ1) is 12.0. The molecule has 0 unspecified atom stereocenters. The molecule has 0 aliphatic rings. The molecule has 0 nitrogen and oxygen atoms in total. The second-order valence-corrected chi connectivity index (χ2v) is 2.21. The molecule has 0 aliphatic carbocycles. The summed E-state index contributed by atoms with van der Waals surface area (Å²) in [5, 5.41) is 0. The van der Waals surface area contributed by atoms with Gasteiger partial charge in [-0.25, -0.2) is 13.2 Å². The van der Waals surface area contributed by atoms with Crippen molar-refractivity contribution in [3.8, 4) is 0 Å². The lowest BCUT2D eigenvalue weighted by atomic mass is 10.1. The molecule has 13 heavy (non-hydrogen) atoms. The van der Waals surface area contributed by atoms with Crippen LogP contribution in [0, 0.1) is 17.5 Å². The lowest BCUT2D eigenvalue weighted by Crippen LogP contribution is -1.92. The molecule has 0 aromatic heterocycles. The Kier molecular flexibility index (Phi) is 5.19. The summed E-state index contributed by atoms with van der Waals surface area (Å²) < 4.78 is 37.3. The molecule has 0 saturated carbocycles. The molecule has 0 fully saturated rings. The Balaban J connectivity index is 0.000000671. The highest BCUT2D eigenvalue weighted by molar-refractivity contribution is 5.19. The smallest absolute Gasteiger partial charge is 0.161 e. The summed E-state index contributed by atoms with van der Waals surface area (Å²) in [4.78, 5) is 0. The van der Waals surface area contributed by atoms with E-state index in [0.29, 0.717) is 12.5 Å². The average Bonchev–Trinajstić information content (AvgIpc) is 2.15. The van der Waals surface area contributed by atoms with E-state index in [1.165, 1.54) is 0 Å². The largest absolute Gasteiger partial charge is 0.207 e. The third kappa shape index (κ3) is 3.09. The topological polar surface area (TPSA) is 0 Å². The molecular formula is C10H13F3. The maximum atomic E-state index is 12.6. The standard InChI is InChI=1S/C8H7F3.C2H6/c1-2-5-3-7(10)8(11)4-6(5)9;1-2/h3-4H,2H2,1H3;1-2H3. The Bertz CT molecular complexity index is 269. The van der Waals surface area contributed by atoms with Gasteiger partial charge < -0.3 is 0 Å². The molecule has 0 amide bonds. The molecule has 0 N–H and O–H groups in total. The van der Waals surface area contributed by atoms with Crippen molar-refractivity contribution < 1.29 is 13.2 Å². The minimum atomic E-state index is -1.14. The van der Waals surface area contributed by atoms with Gasteiger partial charge in [-0.05, 0) is 18.1 Å². The summed E-state index contributed by atoms with van der Waals surface area (Å²) in [6.07, 6.45) is 0.364. The molecule has 74 valence electrons. The highest BCUT2D eigenvalue weighted by atomic mass is 19.2. The first-order valence-electron chi connectivity index (χ1n) is 4.28. The normalized spacial score (nSPS) is 9.08. The number of hydrogen-bond donors (Lipinski definition) is 0. The Morgan fingerprint density at radius 1 is 0.923 bits per heavy atom. The second kappa shape index (κ2) is 5.62. The van der Waals surface area contributed by atoms with Crippen molar-refractivity contribution in [2.45, 2.75) is 27.2 Å². The van der Waals surface area contributed by atoms with Crippen LogP contribution in [-0.4, -0.2) is 0 Å². The van der Waals surface area contributed by atoms with Crippen molar-refractivity contribution >= 4 is 0 Å². The monoisotopic (exact) mass is 190 g/mol. The van der Waals surface area contributed by atoms with Crippen molar-refractivity contribution in [1.29, 1.82) is 0 Å². The van der Waals surface area contributed by atoms with E-state index in [1.54, 1.807) is 6.92 Å². The lowest BCUT2D eigenvalue weighted by Gasteiger charge is -1.99. The van der Waals surface area contributed by atoms with Gasteiger partial charge in [-0.15, -0.1) is 0 Å². The van der Waals surface area contributed by atoms with E-state index in [4.69, 9.17) is 0 Å². The predicted molar refractivity (Wildman–Crippen MR) is 47.0 cm³/mol. The minimum absolute atomic E-state index is 0.198. The molecule has 1 aromatic rings. The quantitative estimate of drug-likeness (QED) is 0.592. The van der Waals surface area contributed by atoms with Gasteiger partial charge in [-0.1, -0.05) is 20.8 Å². The molecule has 0 radical (unpaired) electrons. The molecule has 1 rings (SSSR count). The molecule has 3 heteroatoms. The van der Waals surface area contributed by atoms with Crippen molar-refractivity contribution in [2.24, 2.45) is 0 Å². The number of aryl methyl sites for hydroxylation is 1. The molecule has 0 atom stereocenters. The number of halogens is 3. The fourth-order valence-electron chi connectivity index (χ4n) is 0.835. The van der Waals surface area contributed by atoms with E-state index < -0.39 is 17.5 Å². The zero-order valence-corrected chi connectivity index (χ0v) is 8.00. The van der Waals surface area contributed by atoms with Crippen LogP contribution in [0.2, 0.25) is 0 Å². The van der Waals surface area contributed by atoms with Crippen molar-refractivity contribution in [2.75, 3.05) is 0 Å². The Morgan fingerprint density at radius 2 is 1.38 bits per heavy atom. The molecule has 0 saturated heterocycles. The van der Waals surface area contributed by atoms with Crippen LogP contribution in [0.3, 0.4) is 0 Å². The number of rotatable bonds is 1. The molecule has 1 aromatic carbocycles. The molecule has 0 aliphatic heterocycles. The number of benzene rings is 1. The summed E-state index contributed by atoms with van der Waals surface area (Å²) in [6.45, 7) is 5.68. The summed E-state index contributed by atoms with van der Waals surface area (Å²) >= 11 is 0. The fourth-order valence-corrected chi connectivity index (χ4v) is 0.835. The average molecular weight is 190 g/mol. The summed E-state index contributed by atoms with van der Waals surface area (Å²) in [5.74, 6) is -2.82. The van der Waals surface area contributed by atoms with Crippen molar-refractivity contribution in [3.63, 3.8) is 0 Å². The molecular weight excluding hydrogens is 177 g/mol. The van der Waals surface area contributed by atoms with Crippen LogP contribution in [0.1, 0.15) is 26.3 Å². The third-order valence-corrected chi connectivity index (χ3v) is 1.47. The molecule has 0 bridgehead atoms. The second-order valence-electron chi connectivity index (χ2n) is 2.21. The van der Waals surface area contributed by atoms with Gasteiger partial charge in [0.25, 0.3) is 0 Å². The van der Waals surface area contributed by atoms with Gasteiger partial charge in [0, 0.05) is 6.07 Å². The highest BCUT2D eigenvalue weighted by Crippen LogP contribution is 2.13. The van der Waals surface area contributed by atoms with Gasteiger partial charge in [0.05, 0.1) is 0 Å². The van der Waals surface area contributed by atoms with E-state index in [0.717, 1.165) is 6.07 Å². The summed E-state index contributed by atoms with van der Waals surface area (Å²) in [5.41, 5.74) is 0.198. The van der Waals surface area contributed by atoms with Crippen LogP contribution >= 0.6 is 0 Å². The van der Waals surface area contributed by atoms with Crippen LogP contribution < -0.4 is 0 Å². The van der Waals surface area contributed by atoms with Crippen LogP contribution in [-0.2, 0) is 6.42 Å². The SMILES string of the molecule is CC.CCc1cc(F)c(F)cc1F. The zero-order chi connectivity index (χ0) is 10.4. The zero-order valence-electron chi connectivity index (χ0n) is 8.00. The molecule has 0 heterocycles. The highest BCUT2D eigenvalue weighted by Gasteiger charge is 2.07. The van der Waals surface area contributed by atoms with Gasteiger partial charge in [0.15, 0.2) is 11.6 Å². The van der Waals surface area contributed by atoms with E-state index in [1.807, 2.05) is 13.8 Å². The maximum Gasteiger partial charge on any atom is 0.161 e. The van der Waals surface area contributed by atoms with E-state index >= 15 is 0 Å². The van der Waals surface area contributed by atoms with Gasteiger partial charge in [-0.3, -0.25) is 0 Å². The van der Waals surface area contributed by atoms with Gasteiger partial charge in [0.1, 0.15) is 5.82 Å². The summed E-state index contributed by atoms with van der Waals surface area (Å²) in [6, 6.07) is 1.44. The van der Waals surface area contributed by atoms with Gasteiger partial charge in [-0.2, -0.15) is 0 Å². The van der Waals surface area contributed by atoms with Gasteiger partial charge >= 0.3 is 0 Å². The first-order valence-corrected chi connectivity index (χ1v) is 4.28. The maximum absolute atomic E-state index is 12.6. The van der Waals surface area contributed by atoms with Gasteiger partial charge in [0.2, 0.25) is 0 Å². The van der Waals surface area contributed by atoms with E-state index in [2.05, 4.69) is 0 Å². The third-order valence-electron chi connectivity index (χ3n) is 1.47. The number of hydrogen-bond acceptors (Lipinski definition) is 0. The van der Waals surface area contributed by atoms with Crippen LogP contribution in [0.15, 0.2) is 12.1 Å². The van der Waals surface area contributed by atoms with Crippen molar-refractivity contribution in [3.05, 3.63) is 35.1 Å². The van der Waals surface area contributed by atoms with E-state index in [9.17, 15) is 13.2 Å². The van der Waals surface area contributed by atoms with Crippen LogP contribution in [0.5, 0.6) is 0 Å². The molecule has 0 spiro atoms. The lowest BCUT2D eigenvalue weighted by molar-refractivity contribution is 0.490. The minimum Gasteiger partial charge on any atom is -0.207 e. The van der Waals surface area contributed by atoms with Crippen molar-refractivity contribution in [1.82, 2.24) is 0 Å². The van der Waals surface area contributed by atoms with Crippen LogP contribution in [0.25, 0.3) is 0 Å². The Hall–Kier alpha value is -0.990. The Labute approximate surface area is 76.4 Å². The first-order chi connectivity index (χ1) is 6.15. The van der Waals surface area contributed by atoms with Crippen LogP contribution in [0.4, 0.5) is 13.2 Å². The Morgan fingerprint density at radius 3 is 1.85 bits per heavy atom. The predicted octanol–water partition coefficient (Wildman–Crippen LogP) is 3.69.